The molecule has 12 bridgehead atoms. The molecule has 0 unspecified atom stereocenters. The predicted molar refractivity (Wildman–Crippen MR) is 473 cm³/mol. The van der Waals surface area contributed by atoms with Gasteiger partial charge in [0.2, 0.25) is 35.4 Å². The van der Waals surface area contributed by atoms with Crippen LogP contribution in [0.1, 0.15) is 133 Å². The number of likely N-dealkylation sites (N-methyl/N-ethyl adjacent to an activating group) is 2. The van der Waals surface area contributed by atoms with Crippen LogP contribution in [0.3, 0.4) is 0 Å². The van der Waals surface area contributed by atoms with Gasteiger partial charge in [-0.05, 0) is 162 Å². The molecule has 2 fully saturated rings. The number of hydrogen-bond acceptors (Lipinski definition) is 24. The highest BCUT2D eigenvalue weighted by atomic mass is 32.3. The fourth-order valence-corrected chi connectivity index (χ4v) is 20.1. The van der Waals surface area contributed by atoms with Crippen molar-refractivity contribution in [2.75, 3.05) is 27.2 Å². The maximum Gasteiger partial charge on any atom is 0.273 e. The fraction of sp³-hybridized carbons (Fsp3) is 0.407. The summed E-state index contributed by atoms with van der Waals surface area (Å²) in [6.07, 6.45) is 1.09. The molecule has 2 saturated heterocycles. The van der Waals surface area contributed by atoms with E-state index < -0.39 is 181 Å². The number of sulfonamides is 2. The zero-order chi connectivity index (χ0) is 90.1. The number of hydrogen-bond donors (Lipinski definition) is 7. The van der Waals surface area contributed by atoms with Gasteiger partial charge < -0.3 is 45.9 Å². The molecule has 12 atom stereocenters. The van der Waals surface area contributed by atoms with E-state index in [0.717, 1.165) is 44.2 Å². The van der Waals surface area contributed by atoms with E-state index in [0.29, 0.717) is 45.1 Å². The minimum absolute atomic E-state index is 0.0136. The van der Waals surface area contributed by atoms with E-state index in [2.05, 4.69) is 56.7 Å². The van der Waals surface area contributed by atoms with Gasteiger partial charge in [-0.15, -0.1) is 32.9 Å². The van der Waals surface area contributed by atoms with Gasteiger partial charge in [0.1, 0.15) is 68.4 Å². The molecule has 0 saturated carbocycles. The first kappa shape index (κ1) is 91.9. The van der Waals surface area contributed by atoms with Gasteiger partial charge in [0.15, 0.2) is 11.6 Å². The van der Waals surface area contributed by atoms with Crippen molar-refractivity contribution in [2.24, 2.45) is 28.6 Å². The van der Waals surface area contributed by atoms with E-state index in [9.17, 15) is 36.0 Å². The molecule has 0 spiro atoms. The molecule has 4 aromatic heterocycles. The van der Waals surface area contributed by atoms with Crippen LogP contribution in [0, 0.1) is 28.6 Å². The molecule has 10 aromatic rings. The fourth-order valence-electron chi connectivity index (χ4n) is 16.1. The maximum absolute atomic E-state index is 15.8. The summed E-state index contributed by atoms with van der Waals surface area (Å²) >= 11 is 1.77. The summed E-state index contributed by atoms with van der Waals surface area (Å²) in [6, 6.07) is 35.9. The second-order valence-corrected chi connectivity index (χ2v) is 40.5. The van der Waals surface area contributed by atoms with Crippen LogP contribution in [-0.4, -0.2) is 185 Å². The minimum atomic E-state index is -4.50. The lowest BCUT2D eigenvalue weighted by molar-refractivity contribution is -0.144. The SMILES string of the molecule is CN[C@@H](C)C(=O)N[C@H](C(=O)N1C[C@@H]2C[C@H]1C(=O)C[C@@H](Cc1ccc3ccccc3c1)C(=O)C[C@H](C(=O)NS(=O)(=O)c1cccs1)Cc1ccc(cc1)OCc1cn(nn1)[C@H]1C[C@@H](C(=O)C[C@@H](Cc3ccc4ccccc4c3)C(=O)N[C@H](C(=O)NS(=O)(=O)c3cccs3)Cc3ccc(cc3)OCc3cn2nn3)N(C(=O)[C@@H](NC(=O)[C@H](C)NC)C(C)(C)C)C1)C(C)(C)C. The summed E-state index contributed by atoms with van der Waals surface area (Å²) in [4.78, 5) is 154. The van der Waals surface area contributed by atoms with E-state index in [1.54, 1.807) is 136 Å². The Balaban J connectivity index is 0.870. The zero-order valence-corrected chi connectivity index (χ0v) is 74.9. The summed E-state index contributed by atoms with van der Waals surface area (Å²) in [7, 11) is -5.74. The van der Waals surface area contributed by atoms with Gasteiger partial charge in [-0.1, -0.05) is 173 Å². The summed E-state index contributed by atoms with van der Waals surface area (Å²) in [6.45, 7) is 13.4. The predicted octanol–water partition coefficient (Wildman–Crippen LogP) is 8.52. The van der Waals surface area contributed by atoms with Crippen molar-refractivity contribution in [1.29, 1.82) is 0 Å². The number of thiophene rings is 2. The van der Waals surface area contributed by atoms with Crippen molar-refractivity contribution in [1.82, 2.24) is 75.8 Å². The largest absolute Gasteiger partial charge is 0.487 e. The van der Waals surface area contributed by atoms with Gasteiger partial charge in [-0.25, -0.2) is 35.6 Å². The number of carbonyl (C=O) groups is 10. The first-order valence-corrected chi connectivity index (χ1v) is 46.6. The highest BCUT2D eigenvalue weighted by molar-refractivity contribution is 7.92. The summed E-state index contributed by atoms with van der Waals surface area (Å²) in [5, 5.41) is 39.0. The third-order valence-corrected chi connectivity index (χ3v) is 29.0. The van der Waals surface area contributed by atoms with Gasteiger partial charge in [0, 0.05) is 56.5 Å². The molecular formula is C91H105N15O16S4. The number of amides is 7. The Morgan fingerprint density at radius 2 is 0.921 bits per heavy atom. The number of benzene rings is 6. The number of ketones is 3. The van der Waals surface area contributed by atoms with Crippen LogP contribution in [-0.2, 0) is 107 Å². The number of likely N-dealkylation sites (tertiary alicyclic amines) is 2. The van der Waals surface area contributed by atoms with E-state index in [1.807, 2.05) is 84.9 Å². The molecule has 0 radical (unpaired) electrons. The lowest BCUT2D eigenvalue weighted by atomic mass is 9.82. The smallest absolute Gasteiger partial charge is 0.273 e. The molecule has 7 amide bonds. The van der Waals surface area contributed by atoms with E-state index >= 15 is 28.8 Å². The van der Waals surface area contributed by atoms with Gasteiger partial charge in [-0.3, -0.25) is 47.9 Å². The summed E-state index contributed by atoms with van der Waals surface area (Å²) < 4.78 is 75.5. The molecule has 10 heterocycles. The van der Waals surface area contributed by atoms with Crippen LogP contribution in [0.4, 0.5) is 0 Å². The molecule has 31 nitrogen and oxygen atoms in total. The molecule has 16 rings (SSSR count). The van der Waals surface area contributed by atoms with Gasteiger partial charge >= 0.3 is 0 Å². The monoisotopic (exact) mass is 1790 g/mol. The number of nitrogens with zero attached hydrogens (tertiary/aromatic N) is 8. The average molecular weight is 1790 g/mol. The van der Waals surface area contributed by atoms with Crippen molar-refractivity contribution in [3.63, 3.8) is 0 Å². The molecule has 126 heavy (non-hydrogen) atoms. The van der Waals surface area contributed by atoms with Crippen molar-refractivity contribution >= 4 is 123 Å². The highest BCUT2D eigenvalue weighted by Crippen LogP contribution is 2.38. The molecule has 6 aromatic carbocycles. The van der Waals surface area contributed by atoms with E-state index in [4.69, 9.17) is 9.47 Å². The number of rotatable bonds is 18. The molecule has 0 aliphatic carbocycles. The Bertz CT molecular complexity index is 5540. The first-order chi connectivity index (χ1) is 60.0. The molecule has 6 aliphatic rings. The van der Waals surface area contributed by atoms with E-state index in [1.165, 1.54) is 48.8 Å². The Kier molecular flexibility index (Phi) is 28.8. The van der Waals surface area contributed by atoms with Crippen LogP contribution in [0.5, 0.6) is 11.5 Å². The lowest BCUT2D eigenvalue weighted by Gasteiger charge is -2.36. The number of aromatic nitrogens is 6. The maximum atomic E-state index is 15.8. The number of Topliss-reactive ketones (excluding diaryl/α,β-unsaturated/α-hetero) is 3. The molecule has 35 heteroatoms. The number of fused-ring (bicyclic) bond motifs is 2. The van der Waals surface area contributed by atoms with E-state index in [-0.39, 0.29) is 73.2 Å². The summed E-state index contributed by atoms with van der Waals surface area (Å²) in [5.74, 6) is -9.74. The number of carbonyl (C=O) groups excluding carboxylic acids is 10. The number of nitrogens with one attached hydrogen (secondary N) is 7. The summed E-state index contributed by atoms with van der Waals surface area (Å²) in [5.41, 5.74) is 1.03. The van der Waals surface area contributed by atoms with Crippen LogP contribution < -0.4 is 45.5 Å². The first-order valence-electron chi connectivity index (χ1n) is 41.8. The van der Waals surface area contributed by atoms with Crippen molar-refractivity contribution in [3.8, 4) is 11.5 Å². The van der Waals surface area contributed by atoms with Gasteiger partial charge in [0.05, 0.1) is 48.6 Å². The van der Waals surface area contributed by atoms with Crippen LogP contribution >= 0.6 is 22.7 Å². The second-order valence-electron chi connectivity index (χ2n) is 34.8. The quantitative estimate of drug-likeness (QED) is 0.0423. The van der Waals surface area contributed by atoms with Gasteiger partial charge in [-0.2, -0.15) is 0 Å². The third-order valence-electron chi connectivity index (χ3n) is 23.5. The van der Waals surface area contributed by atoms with Crippen molar-refractivity contribution in [2.45, 2.75) is 189 Å². The molecule has 664 valence electrons. The normalized spacial score (nSPS) is 20.8. The third kappa shape index (κ3) is 22.5. The minimum Gasteiger partial charge on any atom is -0.487 e. The Morgan fingerprint density at radius 3 is 1.35 bits per heavy atom. The lowest BCUT2D eigenvalue weighted by Crippen LogP contribution is -2.59. The second kappa shape index (κ2) is 39.4. The average Bonchev–Trinajstić information content (AvgIpc) is 1.63. The standard InChI is InChI=1S/C91H105N15O16S4/c1-54(92-9)83(110)95-81(90(3,4)5)88(115)103-50-69-46-74(103)77(108)43-64(40-58-23-29-60-17-11-13-19-62(60)38-58)76(107)44-66(86(113)99-125(117,118)79-21-15-35-123-79)37-56-25-31-71(32-26-56)121-52-67-49-106(102-97-67)70-47-75(104(51-70)89(116)82(91(6,7)8)96-84(111)55(2)93-10)78(109)45-65(41-59-24-30-61-18-12-14-20-63(61)39-59)85(112)94-73(87(114)100-126(119,120)80-22-16-36-124-80)42-57-27-33-72(34-28-57)122-53-68-48-105(69)101-98-68/h11-36,38-39,48-49,54-55,64-66,69-70,73-75,81-82,92-93H,37,40-47,50-53H2,1-10H3,(H,94,112)(H,95,110)(H,96,111)(H,99,113)(H,100,114)/t54-,55-,64+,65+,66+,69-,70-,73-,74-,75-,81+,82+/m0/s1. The van der Waals surface area contributed by atoms with Crippen molar-refractivity contribution in [3.05, 3.63) is 215 Å². The number of ether oxygens (including phenoxy) is 2. The Morgan fingerprint density at radius 1 is 0.500 bits per heavy atom. The molecular weight excluding hydrogens is 1690 g/mol. The van der Waals surface area contributed by atoms with Crippen LogP contribution in [0.2, 0.25) is 0 Å². The Hall–Kier alpha value is -11.8. The molecule has 6 aliphatic heterocycles. The van der Waals surface area contributed by atoms with Gasteiger partial charge in [0.25, 0.3) is 26.0 Å². The topological polar surface area (TPSA) is 410 Å². The zero-order valence-electron chi connectivity index (χ0n) is 71.7. The Labute approximate surface area is 739 Å². The highest BCUT2D eigenvalue weighted by Gasteiger charge is 2.49. The molecule has 7 N–H and O–H groups in total. The van der Waals surface area contributed by atoms with Crippen LogP contribution in [0.25, 0.3) is 21.5 Å². The van der Waals surface area contributed by atoms with Crippen molar-refractivity contribution < 1.29 is 74.3 Å². The van der Waals surface area contributed by atoms with Crippen LogP contribution in [0.15, 0.2) is 189 Å².